The van der Waals surface area contributed by atoms with Crippen LogP contribution in [0.1, 0.15) is 10.4 Å². The Balaban J connectivity index is 2.13. The Labute approximate surface area is 114 Å². The summed E-state index contributed by atoms with van der Waals surface area (Å²) in [6.07, 6.45) is 1.48. The van der Waals surface area contributed by atoms with Gasteiger partial charge in [0.25, 0.3) is 5.91 Å². The molecule has 5 nitrogen and oxygen atoms in total. The van der Waals surface area contributed by atoms with Crippen molar-refractivity contribution < 1.29 is 14.6 Å². The standard InChI is InChI=1S/C13H11ClN2O3/c1-19-12-5-3-9(7-15-12)16-13(18)8-2-4-11(17)10(14)6-8/h2-7,17H,1H3,(H,16,18). The van der Waals surface area contributed by atoms with E-state index in [0.717, 1.165) is 0 Å². The molecule has 2 N–H and O–H groups in total. The highest BCUT2D eigenvalue weighted by Crippen LogP contribution is 2.24. The highest BCUT2D eigenvalue weighted by atomic mass is 35.5. The average molecular weight is 279 g/mol. The molecule has 2 aromatic rings. The van der Waals surface area contributed by atoms with E-state index in [2.05, 4.69) is 10.3 Å². The summed E-state index contributed by atoms with van der Waals surface area (Å²) in [6, 6.07) is 7.55. The molecule has 0 bridgehead atoms. The molecular weight excluding hydrogens is 268 g/mol. The number of nitrogens with zero attached hydrogens (tertiary/aromatic N) is 1. The number of aromatic nitrogens is 1. The first kappa shape index (κ1) is 13.2. The van der Waals surface area contributed by atoms with Crippen LogP contribution in [0.5, 0.6) is 11.6 Å². The SMILES string of the molecule is COc1ccc(NC(=O)c2ccc(O)c(Cl)c2)cn1. The minimum absolute atomic E-state index is 0.0654. The Morgan fingerprint density at radius 1 is 1.37 bits per heavy atom. The zero-order valence-electron chi connectivity index (χ0n) is 10.1. The molecule has 0 aliphatic rings. The van der Waals surface area contributed by atoms with Crippen LogP contribution in [0.15, 0.2) is 36.5 Å². The van der Waals surface area contributed by atoms with Crippen molar-refractivity contribution in [1.29, 1.82) is 0 Å². The number of hydrogen-bond donors (Lipinski definition) is 2. The van der Waals surface area contributed by atoms with Gasteiger partial charge in [0.05, 0.1) is 24.0 Å². The van der Waals surface area contributed by atoms with E-state index in [1.165, 1.54) is 31.5 Å². The van der Waals surface area contributed by atoms with Crippen molar-refractivity contribution in [3.8, 4) is 11.6 Å². The van der Waals surface area contributed by atoms with Gasteiger partial charge in [-0.05, 0) is 24.3 Å². The van der Waals surface area contributed by atoms with Crippen molar-refractivity contribution in [2.75, 3.05) is 12.4 Å². The number of nitrogens with one attached hydrogen (secondary N) is 1. The number of methoxy groups -OCH3 is 1. The van der Waals surface area contributed by atoms with Gasteiger partial charge in [-0.1, -0.05) is 11.6 Å². The fourth-order valence-corrected chi connectivity index (χ4v) is 1.61. The van der Waals surface area contributed by atoms with Gasteiger partial charge in [0, 0.05) is 11.6 Å². The van der Waals surface area contributed by atoms with Crippen LogP contribution in [0.3, 0.4) is 0 Å². The zero-order chi connectivity index (χ0) is 13.8. The molecule has 6 heteroatoms. The summed E-state index contributed by atoms with van der Waals surface area (Å²) in [4.78, 5) is 15.9. The van der Waals surface area contributed by atoms with Crippen molar-refractivity contribution >= 4 is 23.2 Å². The number of phenols is 1. The minimum atomic E-state index is -0.339. The third-order valence-corrected chi connectivity index (χ3v) is 2.72. The molecule has 2 rings (SSSR count). The molecule has 98 valence electrons. The highest BCUT2D eigenvalue weighted by Gasteiger charge is 2.09. The number of ether oxygens (including phenoxy) is 1. The largest absolute Gasteiger partial charge is 0.506 e. The van der Waals surface area contributed by atoms with Gasteiger partial charge < -0.3 is 15.2 Å². The van der Waals surface area contributed by atoms with Gasteiger partial charge in [0.2, 0.25) is 5.88 Å². The Kier molecular flexibility index (Phi) is 3.87. The molecule has 0 aliphatic carbocycles. The smallest absolute Gasteiger partial charge is 0.255 e. The lowest BCUT2D eigenvalue weighted by Crippen LogP contribution is -2.11. The van der Waals surface area contributed by atoms with Crippen LogP contribution >= 0.6 is 11.6 Å². The van der Waals surface area contributed by atoms with Crippen molar-refractivity contribution in [2.24, 2.45) is 0 Å². The summed E-state index contributed by atoms with van der Waals surface area (Å²) < 4.78 is 4.92. The number of aromatic hydroxyl groups is 1. The van der Waals surface area contributed by atoms with Crippen molar-refractivity contribution in [3.63, 3.8) is 0 Å². The number of amides is 1. The lowest BCUT2D eigenvalue weighted by atomic mass is 10.2. The molecular formula is C13H11ClN2O3. The van der Waals surface area contributed by atoms with Crippen LogP contribution in [-0.4, -0.2) is 23.1 Å². The van der Waals surface area contributed by atoms with Crippen LogP contribution in [0.25, 0.3) is 0 Å². The molecule has 0 fully saturated rings. The number of carbonyl (C=O) groups is 1. The third-order valence-electron chi connectivity index (χ3n) is 2.41. The maximum atomic E-state index is 11.9. The number of rotatable bonds is 3. The second-order valence-electron chi connectivity index (χ2n) is 3.71. The maximum Gasteiger partial charge on any atom is 0.255 e. The van der Waals surface area contributed by atoms with E-state index in [9.17, 15) is 9.90 Å². The number of carbonyl (C=O) groups excluding carboxylic acids is 1. The molecule has 0 saturated carbocycles. The van der Waals surface area contributed by atoms with Crippen molar-refractivity contribution in [2.45, 2.75) is 0 Å². The van der Waals surface area contributed by atoms with Crippen molar-refractivity contribution in [1.82, 2.24) is 4.98 Å². The number of benzene rings is 1. The predicted molar refractivity (Wildman–Crippen MR) is 71.9 cm³/mol. The number of pyridine rings is 1. The molecule has 19 heavy (non-hydrogen) atoms. The Hall–Kier alpha value is -2.27. The highest BCUT2D eigenvalue weighted by molar-refractivity contribution is 6.32. The lowest BCUT2D eigenvalue weighted by Gasteiger charge is -2.06. The molecule has 1 aromatic carbocycles. The predicted octanol–water partition coefficient (Wildman–Crippen LogP) is 2.70. The van der Waals surface area contributed by atoms with Gasteiger partial charge in [-0.25, -0.2) is 4.98 Å². The lowest BCUT2D eigenvalue weighted by molar-refractivity contribution is 0.102. The van der Waals surface area contributed by atoms with Gasteiger partial charge in [-0.15, -0.1) is 0 Å². The number of hydrogen-bond acceptors (Lipinski definition) is 4. The van der Waals surface area contributed by atoms with E-state index in [0.29, 0.717) is 17.1 Å². The van der Waals surface area contributed by atoms with Gasteiger partial charge in [0.1, 0.15) is 5.75 Å². The molecule has 1 amide bonds. The van der Waals surface area contributed by atoms with E-state index in [4.69, 9.17) is 16.3 Å². The first-order chi connectivity index (χ1) is 9.10. The molecule has 1 heterocycles. The number of halogens is 1. The average Bonchev–Trinajstić information content (AvgIpc) is 2.42. The Morgan fingerprint density at radius 2 is 2.16 bits per heavy atom. The molecule has 0 aliphatic heterocycles. The summed E-state index contributed by atoms with van der Waals surface area (Å²) in [5.41, 5.74) is 0.883. The van der Waals surface area contributed by atoms with Crippen molar-refractivity contribution in [3.05, 3.63) is 47.1 Å². The fraction of sp³-hybridized carbons (Fsp3) is 0.0769. The van der Waals surface area contributed by atoms with Crippen LogP contribution in [0.4, 0.5) is 5.69 Å². The number of anilines is 1. The molecule has 0 atom stereocenters. The summed E-state index contributed by atoms with van der Waals surface area (Å²) >= 11 is 5.74. The first-order valence-electron chi connectivity index (χ1n) is 5.40. The normalized spacial score (nSPS) is 10.0. The molecule has 1 aromatic heterocycles. The van der Waals surface area contributed by atoms with Crippen LogP contribution < -0.4 is 10.1 Å². The number of phenolic OH excluding ortho intramolecular Hbond substituents is 1. The molecule has 0 radical (unpaired) electrons. The van der Waals surface area contributed by atoms with E-state index < -0.39 is 0 Å². The van der Waals surface area contributed by atoms with E-state index in [1.54, 1.807) is 12.1 Å². The van der Waals surface area contributed by atoms with Gasteiger partial charge in [0.15, 0.2) is 0 Å². The van der Waals surface area contributed by atoms with E-state index in [1.807, 2.05) is 0 Å². The van der Waals surface area contributed by atoms with Gasteiger partial charge in [-0.2, -0.15) is 0 Å². The fourth-order valence-electron chi connectivity index (χ4n) is 1.43. The van der Waals surface area contributed by atoms with Gasteiger partial charge >= 0.3 is 0 Å². The molecule has 0 saturated heterocycles. The summed E-state index contributed by atoms with van der Waals surface area (Å²) in [5.74, 6) is 0.0591. The second-order valence-corrected chi connectivity index (χ2v) is 4.12. The second kappa shape index (κ2) is 5.58. The topological polar surface area (TPSA) is 71.5 Å². The summed E-state index contributed by atoms with van der Waals surface area (Å²) in [5, 5.41) is 12.1. The monoisotopic (exact) mass is 278 g/mol. The van der Waals surface area contributed by atoms with E-state index >= 15 is 0 Å². The van der Waals surface area contributed by atoms with Gasteiger partial charge in [-0.3, -0.25) is 4.79 Å². The van der Waals surface area contributed by atoms with Crippen LogP contribution in [0, 0.1) is 0 Å². The Morgan fingerprint density at radius 3 is 2.74 bits per heavy atom. The molecule has 0 unspecified atom stereocenters. The van der Waals surface area contributed by atoms with Crippen LogP contribution in [-0.2, 0) is 0 Å². The van der Waals surface area contributed by atoms with Crippen LogP contribution in [0.2, 0.25) is 5.02 Å². The summed E-state index contributed by atoms with van der Waals surface area (Å²) in [7, 11) is 1.51. The maximum absolute atomic E-state index is 11.9. The zero-order valence-corrected chi connectivity index (χ0v) is 10.8. The minimum Gasteiger partial charge on any atom is -0.506 e. The summed E-state index contributed by atoms with van der Waals surface area (Å²) in [6.45, 7) is 0. The Bertz CT molecular complexity index is 599. The van der Waals surface area contributed by atoms with E-state index in [-0.39, 0.29) is 16.7 Å². The quantitative estimate of drug-likeness (QED) is 0.905. The molecule has 0 spiro atoms. The third kappa shape index (κ3) is 3.14. The first-order valence-corrected chi connectivity index (χ1v) is 5.78.